The van der Waals surface area contributed by atoms with Gasteiger partial charge in [-0.3, -0.25) is 9.59 Å². The molecule has 0 aromatic heterocycles. The third kappa shape index (κ3) is 65.4. The van der Waals surface area contributed by atoms with E-state index in [1.165, 1.54) is 321 Å². The standard InChI is InChI=1S/C73H141NO5/c1-3-5-7-9-11-13-15-17-19-21-30-35-39-43-47-51-55-59-63-67-73(78)79-68-64-60-56-52-48-44-40-36-32-29-27-25-23-22-24-26-28-31-34-38-42-46-50-54-58-62-66-72(77)74-70(69-75)71(76)65-61-57-53-49-45-41-37-33-20-18-16-14-12-10-8-6-4-2/h11,13,17,19,70-71,75-76H,3-10,12,14-16,18,20-69H2,1-2H3,(H,74,77)/b13-11-,19-17-. The molecule has 0 saturated heterocycles. The number of rotatable bonds is 68. The Bertz CT molecular complexity index is 1230. The number of esters is 1. The van der Waals surface area contributed by atoms with E-state index in [9.17, 15) is 19.8 Å². The maximum absolute atomic E-state index is 12.5. The number of unbranched alkanes of at least 4 members (excludes halogenated alkanes) is 53. The Morgan fingerprint density at radius 1 is 0.354 bits per heavy atom. The zero-order chi connectivity index (χ0) is 57.1. The molecule has 468 valence electrons. The van der Waals surface area contributed by atoms with Crippen LogP contribution < -0.4 is 5.32 Å². The van der Waals surface area contributed by atoms with Gasteiger partial charge in [-0.15, -0.1) is 0 Å². The van der Waals surface area contributed by atoms with Crippen molar-refractivity contribution in [2.24, 2.45) is 0 Å². The summed E-state index contributed by atoms with van der Waals surface area (Å²) in [6, 6.07) is -0.540. The van der Waals surface area contributed by atoms with Gasteiger partial charge in [-0.05, 0) is 57.8 Å². The van der Waals surface area contributed by atoms with E-state index in [-0.39, 0.29) is 18.5 Å². The second-order valence-corrected chi connectivity index (χ2v) is 24.9. The van der Waals surface area contributed by atoms with Crippen LogP contribution in [0.3, 0.4) is 0 Å². The predicted octanol–water partition coefficient (Wildman–Crippen LogP) is 23.3. The van der Waals surface area contributed by atoms with Crippen molar-refractivity contribution < 1.29 is 24.5 Å². The molecule has 3 N–H and O–H groups in total. The van der Waals surface area contributed by atoms with Crippen molar-refractivity contribution in [1.29, 1.82) is 0 Å². The van der Waals surface area contributed by atoms with Gasteiger partial charge in [-0.2, -0.15) is 0 Å². The second-order valence-electron chi connectivity index (χ2n) is 24.9. The van der Waals surface area contributed by atoms with Crippen LogP contribution in [0, 0.1) is 0 Å². The molecule has 0 aromatic carbocycles. The van der Waals surface area contributed by atoms with Gasteiger partial charge in [0.2, 0.25) is 5.91 Å². The van der Waals surface area contributed by atoms with E-state index in [1.807, 2.05) is 0 Å². The van der Waals surface area contributed by atoms with E-state index >= 15 is 0 Å². The Morgan fingerprint density at radius 2 is 0.633 bits per heavy atom. The number of hydrogen-bond acceptors (Lipinski definition) is 5. The predicted molar refractivity (Wildman–Crippen MR) is 347 cm³/mol. The minimum absolute atomic E-state index is 0.0144. The first-order chi connectivity index (χ1) is 39.0. The molecule has 0 fully saturated rings. The summed E-state index contributed by atoms with van der Waals surface area (Å²) in [5.41, 5.74) is 0. The Morgan fingerprint density at radius 3 is 0.987 bits per heavy atom. The van der Waals surface area contributed by atoms with Crippen LogP contribution in [-0.2, 0) is 14.3 Å². The van der Waals surface area contributed by atoms with Crippen molar-refractivity contribution in [1.82, 2.24) is 5.32 Å². The second kappa shape index (κ2) is 68.8. The Labute approximate surface area is 494 Å². The monoisotopic (exact) mass is 1110 g/mol. The van der Waals surface area contributed by atoms with E-state index in [0.717, 1.165) is 51.4 Å². The van der Waals surface area contributed by atoms with Crippen LogP contribution in [0.1, 0.15) is 406 Å². The van der Waals surface area contributed by atoms with E-state index in [4.69, 9.17) is 4.74 Å². The number of allylic oxidation sites excluding steroid dienone is 4. The zero-order valence-corrected chi connectivity index (χ0v) is 53.6. The van der Waals surface area contributed by atoms with Crippen molar-refractivity contribution in [3.05, 3.63) is 24.3 Å². The first-order valence-corrected chi connectivity index (χ1v) is 36.1. The van der Waals surface area contributed by atoms with Crippen LogP contribution in [-0.4, -0.2) is 47.4 Å². The highest BCUT2D eigenvalue weighted by Gasteiger charge is 2.20. The number of aliphatic hydroxyl groups is 2. The van der Waals surface area contributed by atoms with Crippen molar-refractivity contribution in [2.45, 2.75) is 418 Å². The van der Waals surface area contributed by atoms with Gasteiger partial charge in [-0.1, -0.05) is 359 Å². The number of carbonyl (C=O) groups excluding carboxylic acids is 2. The quantitative estimate of drug-likeness (QED) is 0.0320. The van der Waals surface area contributed by atoms with Crippen LogP contribution in [0.25, 0.3) is 0 Å². The van der Waals surface area contributed by atoms with Crippen molar-refractivity contribution in [3.8, 4) is 0 Å². The summed E-state index contributed by atoms with van der Waals surface area (Å²) >= 11 is 0. The molecule has 0 saturated carbocycles. The van der Waals surface area contributed by atoms with Gasteiger partial charge >= 0.3 is 5.97 Å². The maximum atomic E-state index is 12.5. The topological polar surface area (TPSA) is 95.9 Å². The SMILES string of the molecule is CCCCC/C=C\C/C=C\CCCCCCCCCCCC(=O)OCCCCCCCCCCCCCCCCCCCCCCCCCCCCC(=O)NC(CO)C(O)CCCCCCCCCCCCCCCCCCC. The largest absolute Gasteiger partial charge is 0.466 e. The molecule has 0 radical (unpaired) electrons. The van der Waals surface area contributed by atoms with Crippen LogP contribution >= 0.6 is 0 Å². The lowest BCUT2D eigenvalue weighted by atomic mass is 10.0. The van der Waals surface area contributed by atoms with E-state index in [0.29, 0.717) is 25.9 Å². The highest BCUT2D eigenvalue weighted by Crippen LogP contribution is 2.19. The number of amides is 1. The molecule has 0 aliphatic carbocycles. The maximum Gasteiger partial charge on any atom is 0.305 e. The highest BCUT2D eigenvalue weighted by atomic mass is 16.5. The van der Waals surface area contributed by atoms with Crippen molar-refractivity contribution in [3.63, 3.8) is 0 Å². The van der Waals surface area contributed by atoms with Gasteiger partial charge in [0.25, 0.3) is 0 Å². The number of hydrogen-bond donors (Lipinski definition) is 3. The van der Waals surface area contributed by atoms with Crippen molar-refractivity contribution in [2.75, 3.05) is 13.2 Å². The lowest BCUT2D eigenvalue weighted by Crippen LogP contribution is -2.45. The molecule has 2 atom stereocenters. The Hall–Kier alpha value is -1.66. The molecule has 0 aliphatic rings. The Balaban J connectivity index is 3.34. The number of aliphatic hydroxyl groups excluding tert-OH is 2. The summed E-state index contributed by atoms with van der Waals surface area (Å²) in [5, 5.41) is 23.4. The first kappa shape index (κ1) is 77.3. The van der Waals surface area contributed by atoms with E-state index < -0.39 is 12.1 Å². The lowest BCUT2D eigenvalue weighted by molar-refractivity contribution is -0.143. The van der Waals surface area contributed by atoms with Gasteiger partial charge in [0.05, 0.1) is 25.4 Å². The minimum atomic E-state index is -0.663. The number of nitrogens with one attached hydrogen (secondary N) is 1. The van der Waals surface area contributed by atoms with Gasteiger partial charge in [-0.25, -0.2) is 0 Å². The molecule has 1 amide bonds. The fraction of sp³-hybridized carbons (Fsp3) is 0.918. The molecule has 6 heteroatoms. The average molecular weight is 1110 g/mol. The molecular weight excluding hydrogens is 971 g/mol. The number of carbonyl (C=O) groups is 2. The Kier molecular flexibility index (Phi) is 67.4. The van der Waals surface area contributed by atoms with Gasteiger partial charge in [0.1, 0.15) is 0 Å². The molecular formula is C73H141NO5. The van der Waals surface area contributed by atoms with Crippen LogP contribution in [0.15, 0.2) is 24.3 Å². The molecule has 0 bridgehead atoms. The van der Waals surface area contributed by atoms with Crippen LogP contribution in [0.4, 0.5) is 0 Å². The fourth-order valence-electron chi connectivity index (χ4n) is 11.5. The molecule has 2 unspecified atom stereocenters. The summed E-state index contributed by atoms with van der Waals surface area (Å²) in [7, 11) is 0. The van der Waals surface area contributed by atoms with Gasteiger partial charge in [0.15, 0.2) is 0 Å². The number of ether oxygens (including phenoxy) is 1. The molecule has 0 aliphatic heterocycles. The van der Waals surface area contributed by atoms with Crippen LogP contribution in [0.2, 0.25) is 0 Å². The summed E-state index contributed by atoms with van der Waals surface area (Å²) in [4.78, 5) is 24.6. The van der Waals surface area contributed by atoms with Crippen LogP contribution in [0.5, 0.6) is 0 Å². The van der Waals surface area contributed by atoms with Gasteiger partial charge in [0, 0.05) is 12.8 Å². The smallest absolute Gasteiger partial charge is 0.305 e. The van der Waals surface area contributed by atoms with E-state index in [1.54, 1.807) is 0 Å². The third-order valence-corrected chi connectivity index (χ3v) is 17.0. The molecule has 6 nitrogen and oxygen atoms in total. The molecule has 79 heavy (non-hydrogen) atoms. The third-order valence-electron chi connectivity index (χ3n) is 17.0. The highest BCUT2D eigenvalue weighted by molar-refractivity contribution is 5.76. The zero-order valence-electron chi connectivity index (χ0n) is 53.6. The fourth-order valence-corrected chi connectivity index (χ4v) is 11.5. The lowest BCUT2D eigenvalue weighted by Gasteiger charge is -2.22. The summed E-state index contributed by atoms with van der Waals surface area (Å²) in [6.45, 7) is 4.97. The normalized spacial score (nSPS) is 12.6. The molecule has 0 aromatic rings. The minimum Gasteiger partial charge on any atom is -0.466 e. The molecule has 0 heterocycles. The average Bonchev–Trinajstić information content (AvgIpc) is 3.45. The summed E-state index contributed by atoms with van der Waals surface area (Å²) in [5.74, 6) is -0.0146. The van der Waals surface area contributed by atoms with Crippen molar-refractivity contribution >= 4 is 11.9 Å². The summed E-state index contributed by atoms with van der Waals surface area (Å²) < 4.78 is 5.51. The molecule has 0 rings (SSSR count). The molecule has 0 spiro atoms. The first-order valence-electron chi connectivity index (χ1n) is 36.1. The van der Waals surface area contributed by atoms with E-state index in [2.05, 4.69) is 43.5 Å². The summed E-state index contributed by atoms with van der Waals surface area (Å²) in [6.07, 6.45) is 86.6. The van der Waals surface area contributed by atoms with Gasteiger partial charge < -0.3 is 20.3 Å².